The summed E-state index contributed by atoms with van der Waals surface area (Å²) in [5.74, 6) is 1.94. The monoisotopic (exact) mass is 141 g/mol. The van der Waals surface area contributed by atoms with Gasteiger partial charge in [-0.15, -0.1) is 0 Å². The first-order chi connectivity index (χ1) is 4.81. The van der Waals surface area contributed by atoms with Crippen LogP contribution in [0.3, 0.4) is 0 Å². The first-order valence-corrected chi connectivity index (χ1v) is 3.53. The molecule has 2 unspecified atom stereocenters. The molecule has 2 fully saturated rings. The average molecular weight is 141 g/mol. The van der Waals surface area contributed by atoms with Crippen LogP contribution in [-0.2, 0) is 0 Å². The van der Waals surface area contributed by atoms with E-state index >= 15 is 0 Å². The number of rotatable bonds is 0. The Bertz CT molecular complexity index is 170. The molecule has 1 aliphatic carbocycles. The van der Waals surface area contributed by atoms with Gasteiger partial charge < -0.3 is 15.8 Å². The van der Waals surface area contributed by atoms with Crippen molar-refractivity contribution in [1.82, 2.24) is 4.90 Å². The minimum atomic E-state index is 0.271. The third-order valence-corrected chi connectivity index (χ3v) is 2.41. The van der Waals surface area contributed by atoms with Crippen molar-refractivity contribution in [2.24, 2.45) is 22.7 Å². The molecule has 2 rings (SSSR count). The smallest absolute Gasteiger partial charge is 0.233 e. The summed E-state index contributed by atoms with van der Waals surface area (Å²) in [6.45, 7) is 1.97. The van der Waals surface area contributed by atoms with Crippen molar-refractivity contribution in [2.75, 3.05) is 13.1 Å². The Hall–Kier alpha value is -0.930. The molecule has 0 bridgehead atoms. The first-order valence-electron chi connectivity index (χ1n) is 3.53. The quantitative estimate of drug-likeness (QED) is 0.210. The zero-order chi connectivity index (χ0) is 7.14. The number of piperidine rings is 1. The molecule has 0 aromatic rings. The summed E-state index contributed by atoms with van der Waals surface area (Å²) in [5, 5.41) is 11.3. The van der Waals surface area contributed by atoms with Crippen molar-refractivity contribution >= 4 is 5.96 Å². The van der Waals surface area contributed by atoms with Crippen LogP contribution in [0, 0.1) is 11.8 Å². The largest absolute Gasteiger partial charge is 0.408 e. The van der Waals surface area contributed by atoms with Crippen LogP contribution in [-0.4, -0.2) is 29.2 Å². The van der Waals surface area contributed by atoms with Gasteiger partial charge >= 0.3 is 0 Å². The van der Waals surface area contributed by atoms with Gasteiger partial charge in [0, 0.05) is 13.1 Å². The van der Waals surface area contributed by atoms with Gasteiger partial charge in [-0.05, 0) is 18.3 Å². The molecule has 0 aromatic carbocycles. The van der Waals surface area contributed by atoms with Crippen LogP contribution in [0.15, 0.2) is 5.16 Å². The van der Waals surface area contributed by atoms with Gasteiger partial charge in [-0.25, -0.2) is 0 Å². The number of hydrogen-bond acceptors (Lipinski definition) is 2. The third-order valence-electron chi connectivity index (χ3n) is 2.41. The molecular formula is C6H11N3O. The zero-order valence-electron chi connectivity index (χ0n) is 5.70. The van der Waals surface area contributed by atoms with E-state index in [1.54, 1.807) is 0 Å². The van der Waals surface area contributed by atoms with Crippen LogP contribution < -0.4 is 5.73 Å². The minimum absolute atomic E-state index is 0.271. The Morgan fingerprint density at radius 1 is 1.50 bits per heavy atom. The highest BCUT2D eigenvalue weighted by molar-refractivity contribution is 5.77. The van der Waals surface area contributed by atoms with E-state index in [1.165, 1.54) is 6.42 Å². The lowest BCUT2D eigenvalue weighted by Gasteiger charge is -2.16. The van der Waals surface area contributed by atoms with Crippen molar-refractivity contribution in [3.05, 3.63) is 0 Å². The van der Waals surface area contributed by atoms with Crippen LogP contribution >= 0.6 is 0 Å². The number of fused-ring (bicyclic) bond motifs is 1. The molecule has 0 aromatic heterocycles. The maximum atomic E-state index is 8.32. The van der Waals surface area contributed by atoms with E-state index in [0.717, 1.165) is 24.9 Å². The summed E-state index contributed by atoms with van der Waals surface area (Å²) in [6.07, 6.45) is 1.34. The van der Waals surface area contributed by atoms with Gasteiger partial charge in [0.15, 0.2) is 0 Å². The lowest BCUT2D eigenvalue weighted by molar-refractivity contribution is 0.301. The highest BCUT2D eigenvalue weighted by atomic mass is 16.4. The van der Waals surface area contributed by atoms with Gasteiger partial charge in [-0.2, -0.15) is 0 Å². The summed E-state index contributed by atoms with van der Waals surface area (Å²) in [4.78, 5) is 1.93. The van der Waals surface area contributed by atoms with E-state index in [0.29, 0.717) is 0 Å². The number of likely N-dealkylation sites (tertiary alicyclic amines) is 1. The molecule has 1 heterocycles. The van der Waals surface area contributed by atoms with E-state index in [4.69, 9.17) is 10.9 Å². The minimum Gasteiger partial charge on any atom is -0.408 e. The Morgan fingerprint density at radius 2 is 2.10 bits per heavy atom. The molecule has 4 nitrogen and oxygen atoms in total. The third kappa shape index (κ3) is 0.716. The Labute approximate surface area is 59.3 Å². The van der Waals surface area contributed by atoms with Gasteiger partial charge in [0.1, 0.15) is 0 Å². The van der Waals surface area contributed by atoms with Crippen LogP contribution in [0.1, 0.15) is 6.42 Å². The lowest BCUT2D eigenvalue weighted by atomic mass is 10.4. The van der Waals surface area contributed by atoms with Gasteiger partial charge in [-0.3, -0.25) is 0 Å². The highest BCUT2D eigenvalue weighted by Gasteiger charge is 2.45. The fraction of sp³-hybridized carbons (Fsp3) is 0.833. The molecule has 1 saturated carbocycles. The summed E-state index contributed by atoms with van der Waals surface area (Å²) in [7, 11) is 0. The number of guanidine groups is 1. The highest BCUT2D eigenvalue weighted by Crippen LogP contribution is 2.44. The predicted octanol–water partition coefficient (Wildman–Crippen LogP) is -0.358. The van der Waals surface area contributed by atoms with Crippen molar-refractivity contribution in [3.63, 3.8) is 0 Å². The molecule has 4 heteroatoms. The SMILES string of the molecule is N/C(=N\O)N1CC2CC2C1. The van der Waals surface area contributed by atoms with E-state index in [-0.39, 0.29) is 5.96 Å². The molecule has 10 heavy (non-hydrogen) atoms. The molecule has 2 aliphatic rings. The molecule has 2 atom stereocenters. The molecule has 56 valence electrons. The summed E-state index contributed by atoms with van der Waals surface area (Å²) >= 11 is 0. The second kappa shape index (κ2) is 1.78. The zero-order valence-corrected chi connectivity index (χ0v) is 5.70. The summed E-state index contributed by atoms with van der Waals surface area (Å²) in [6, 6.07) is 0. The van der Waals surface area contributed by atoms with Gasteiger partial charge in [0.05, 0.1) is 0 Å². The number of hydrogen-bond donors (Lipinski definition) is 2. The normalized spacial score (nSPS) is 38.0. The molecular weight excluding hydrogens is 130 g/mol. The van der Waals surface area contributed by atoms with E-state index < -0.39 is 0 Å². The van der Waals surface area contributed by atoms with E-state index in [1.807, 2.05) is 4.90 Å². The van der Waals surface area contributed by atoms with E-state index in [2.05, 4.69) is 5.16 Å². The van der Waals surface area contributed by atoms with Crippen LogP contribution in [0.5, 0.6) is 0 Å². The maximum Gasteiger partial charge on any atom is 0.233 e. The van der Waals surface area contributed by atoms with Gasteiger partial charge in [-0.1, -0.05) is 5.16 Å². The second-order valence-corrected chi connectivity index (χ2v) is 3.12. The Kier molecular flexibility index (Phi) is 1.03. The maximum absolute atomic E-state index is 8.32. The van der Waals surface area contributed by atoms with Crippen molar-refractivity contribution < 1.29 is 5.21 Å². The van der Waals surface area contributed by atoms with Crippen molar-refractivity contribution in [1.29, 1.82) is 0 Å². The fourth-order valence-corrected chi connectivity index (χ4v) is 1.65. The molecule has 0 radical (unpaired) electrons. The summed E-state index contributed by atoms with van der Waals surface area (Å²) in [5.41, 5.74) is 5.39. The standard InChI is InChI=1S/C6H11N3O/c7-6(8-10)9-2-4-1-5(4)3-9/h4-5,10H,1-3H2,(H2,7,8). The lowest BCUT2D eigenvalue weighted by Crippen LogP contribution is -2.36. The Morgan fingerprint density at radius 3 is 2.60 bits per heavy atom. The number of oxime groups is 1. The van der Waals surface area contributed by atoms with Crippen LogP contribution in [0.2, 0.25) is 0 Å². The molecule has 1 aliphatic heterocycles. The van der Waals surface area contributed by atoms with E-state index in [9.17, 15) is 0 Å². The number of nitrogens with two attached hydrogens (primary N) is 1. The topological polar surface area (TPSA) is 61.9 Å². The van der Waals surface area contributed by atoms with Gasteiger partial charge in [0.25, 0.3) is 0 Å². The van der Waals surface area contributed by atoms with Crippen LogP contribution in [0.25, 0.3) is 0 Å². The summed E-state index contributed by atoms with van der Waals surface area (Å²) < 4.78 is 0. The number of nitrogens with zero attached hydrogens (tertiary/aromatic N) is 2. The molecule has 3 N–H and O–H groups in total. The molecule has 1 saturated heterocycles. The van der Waals surface area contributed by atoms with Gasteiger partial charge in [0.2, 0.25) is 5.96 Å². The Balaban J connectivity index is 1.96. The second-order valence-electron chi connectivity index (χ2n) is 3.12. The first kappa shape index (κ1) is 5.82. The molecule has 0 amide bonds. The molecule has 0 spiro atoms. The van der Waals surface area contributed by atoms with Crippen molar-refractivity contribution in [3.8, 4) is 0 Å². The van der Waals surface area contributed by atoms with Crippen molar-refractivity contribution in [2.45, 2.75) is 6.42 Å². The predicted molar refractivity (Wildman–Crippen MR) is 36.6 cm³/mol. The average Bonchev–Trinajstić information content (AvgIpc) is 2.57. The fourth-order valence-electron chi connectivity index (χ4n) is 1.65. The van der Waals surface area contributed by atoms with Crippen LogP contribution in [0.4, 0.5) is 0 Å².